The van der Waals surface area contributed by atoms with Gasteiger partial charge in [-0.25, -0.2) is 0 Å². The van der Waals surface area contributed by atoms with Crippen LogP contribution in [0.2, 0.25) is 0 Å². The lowest BCUT2D eigenvalue weighted by molar-refractivity contribution is 0.0391. The first-order valence-corrected chi connectivity index (χ1v) is 11.3. The minimum atomic E-state index is -2.28. The predicted octanol–water partition coefficient (Wildman–Crippen LogP) is 2.54. The number of aryl methyl sites for hydroxylation is 2. The molecule has 2 saturated heterocycles. The molecule has 0 bridgehead atoms. The van der Waals surface area contributed by atoms with Gasteiger partial charge in [-0.3, -0.25) is 4.67 Å². The van der Waals surface area contributed by atoms with Crippen molar-refractivity contribution in [2.75, 3.05) is 52.6 Å². The van der Waals surface area contributed by atoms with Crippen molar-refractivity contribution in [3.63, 3.8) is 0 Å². The number of nitrogens with zero attached hydrogens (tertiary/aromatic N) is 3. The molecule has 1 atom stereocenters. The van der Waals surface area contributed by atoms with Gasteiger partial charge in [0.15, 0.2) is 5.50 Å². The smallest absolute Gasteiger partial charge is 0.162 e. The highest BCUT2D eigenvalue weighted by Crippen LogP contribution is 2.53. The molecule has 2 aromatic rings. The van der Waals surface area contributed by atoms with Crippen molar-refractivity contribution in [3.8, 4) is 0 Å². The van der Waals surface area contributed by atoms with Gasteiger partial charge >= 0.3 is 0 Å². The Balaban J connectivity index is 1.95. The van der Waals surface area contributed by atoms with Gasteiger partial charge in [0.1, 0.15) is 13.0 Å². The molecule has 0 amide bonds. The monoisotopic (exact) mass is 389 g/mol. The number of furan rings is 1. The Hall–Kier alpha value is -1.43. The minimum Gasteiger partial charge on any atom is -0.458 e. The molecule has 2 aliphatic heterocycles. The Morgan fingerprint density at radius 3 is 2.15 bits per heavy atom. The summed E-state index contributed by atoms with van der Waals surface area (Å²) in [7, 11) is -2.28. The van der Waals surface area contributed by atoms with Crippen LogP contribution < -0.4 is 10.8 Å². The summed E-state index contributed by atoms with van der Waals surface area (Å²) in [4.78, 5) is 5.45. The summed E-state index contributed by atoms with van der Waals surface area (Å²) in [6, 6.07) is 12.8. The lowest BCUT2D eigenvalue weighted by Gasteiger charge is -2.40. The van der Waals surface area contributed by atoms with E-state index in [2.05, 4.69) is 53.0 Å². The highest BCUT2D eigenvalue weighted by molar-refractivity contribution is 7.78. The Kier molecular flexibility index (Phi) is 5.81. The van der Waals surface area contributed by atoms with Crippen molar-refractivity contribution < 1.29 is 13.9 Å². The van der Waals surface area contributed by atoms with E-state index in [1.807, 2.05) is 6.92 Å². The van der Waals surface area contributed by atoms with Crippen molar-refractivity contribution in [2.24, 2.45) is 4.85 Å². The molecule has 1 unspecified atom stereocenters. The van der Waals surface area contributed by atoms with Crippen molar-refractivity contribution in [2.45, 2.75) is 13.8 Å². The van der Waals surface area contributed by atoms with Crippen LogP contribution in [0.5, 0.6) is 0 Å². The van der Waals surface area contributed by atoms with Crippen LogP contribution in [0.15, 0.2) is 45.7 Å². The third-order valence-electron chi connectivity index (χ3n) is 5.13. The molecule has 0 spiro atoms. The van der Waals surface area contributed by atoms with Gasteiger partial charge in [0, 0.05) is 31.5 Å². The summed E-state index contributed by atoms with van der Waals surface area (Å²) in [5.74, 6) is 0.924. The normalized spacial score (nSPS) is 21.7. The molecule has 1 aromatic carbocycles. The molecule has 7 heteroatoms. The molecule has 2 fully saturated rings. The quantitative estimate of drug-likeness (QED) is 0.753. The van der Waals surface area contributed by atoms with E-state index < -0.39 is 7.21 Å². The van der Waals surface area contributed by atoms with Gasteiger partial charge in [-0.15, -0.1) is 0 Å². The predicted molar refractivity (Wildman–Crippen MR) is 108 cm³/mol. The highest BCUT2D eigenvalue weighted by Gasteiger charge is 2.38. The largest absolute Gasteiger partial charge is 0.458 e. The summed E-state index contributed by atoms with van der Waals surface area (Å²) < 4.78 is 20.0. The van der Waals surface area contributed by atoms with Crippen LogP contribution in [0.25, 0.3) is 0 Å². The fraction of sp³-hybridized carbons (Fsp3) is 0.500. The second-order valence-corrected chi connectivity index (χ2v) is 9.86. The first-order valence-electron chi connectivity index (χ1n) is 9.61. The molecule has 3 heterocycles. The average molecular weight is 389 g/mol. The maximum Gasteiger partial charge on any atom is 0.162 e. The van der Waals surface area contributed by atoms with E-state index in [0.29, 0.717) is 0 Å². The zero-order valence-corrected chi connectivity index (χ0v) is 17.0. The second kappa shape index (κ2) is 8.29. The van der Waals surface area contributed by atoms with Crippen molar-refractivity contribution >= 4 is 18.0 Å². The lowest BCUT2D eigenvalue weighted by atomic mass is 10.2. The maximum absolute atomic E-state index is 6.27. The molecule has 2 aliphatic rings. The van der Waals surface area contributed by atoms with Gasteiger partial charge in [0.2, 0.25) is 0 Å². The fourth-order valence-corrected chi connectivity index (χ4v) is 7.55. The number of hydrogen-bond acceptors (Lipinski definition) is 4. The van der Waals surface area contributed by atoms with Crippen molar-refractivity contribution in [1.29, 1.82) is 0 Å². The highest BCUT2D eigenvalue weighted by atomic mass is 31.2. The van der Waals surface area contributed by atoms with Gasteiger partial charge in [0.05, 0.1) is 26.4 Å². The second-order valence-electron chi connectivity index (χ2n) is 6.99. The van der Waals surface area contributed by atoms with Crippen LogP contribution in [0.3, 0.4) is 0 Å². The SMILES string of the molecule is Cc1ccc(P(=NN2CCOCC2)(c2ccccc2C)N2CCOCC2)o1. The Morgan fingerprint density at radius 2 is 1.52 bits per heavy atom. The molecule has 0 radical (unpaired) electrons. The van der Waals surface area contributed by atoms with E-state index in [4.69, 9.17) is 18.7 Å². The maximum atomic E-state index is 6.27. The van der Waals surface area contributed by atoms with Gasteiger partial charge in [-0.05, 0) is 31.5 Å². The molecular formula is C20H28N3O3P. The van der Waals surface area contributed by atoms with E-state index in [-0.39, 0.29) is 0 Å². The van der Waals surface area contributed by atoms with E-state index in [9.17, 15) is 0 Å². The van der Waals surface area contributed by atoms with Crippen LogP contribution in [-0.2, 0) is 9.47 Å². The lowest BCUT2D eigenvalue weighted by Crippen LogP contribution is -2.42. The third kappa shape index (κ3) is 3.78. The number of benzene rings is 1. The van der Waals surface area contributed by atoms with E-state index in [0.717, 1.165) is 63.9 Å². The zero-order chi connectivity index (χ0) is 18.7. The number of morpholine rings is 2. The Bertz CT molecular complexity index is 823. The van der Waals surface area contributed by atoms with Crippen LogP contribution in [0.4, 0.5) is 0 Å². The Labute approximate surface area is 161 Å². The average Bonchev–Trinajstić information content (AvgIpc) is 3.15. The van der Waals surface area contributed by atoms with Gasteiger partial charge in [-0.1, -0.05) is 24.3 Å². The number of ether oxygens (including phenoxy) is 2. The van der Waals surface area contributed by atoms with Crippen LogP contribution >= 0.6 is 7.21 Å². The molecule has 0 saturated carbocycles. The summed E-state index contributed by atoms with van der Waals surface area (Å²) >= 11 is 0. The van der Waals surface area contributed by atoms with E-state index >= 15 is 0 Å². The molecule has 27 heavy (non-hydrogen) atoms. The van der Waals surface area contributed by atoms with E-state index in [1.165, 1.54) is 10.9 Å². The molecular weight excluding hydrogens is 361 g/mol. The third-order valence-corrected chi connectivity index (χ3v) is 8.88. The van der Waals surface area contributed by atoms with Crippen LogP contribution in [0.1, 0.15) is 11.3 Å². The molecule has 4 rings (SSSR count). The standard InChI is InChI=1S/C20H28N3O3P/c1-17-5-3-4-6-19(17)27(20-8-7-18(2)26-20,23-11-15-25-16-12-23)21-22-9-13-24-14-10-22/h3-8H,9-16H2,1-2H3. The van der Waals surface area contributed by atoms with E-state index in [1.54, 1.807) is 0 Å². The minimum absolute atomic E-state index is 0.720. The van der Waals surface area contributed by atoms with Crippen LogP contribution in [0, 0.1) is 13.8 Å². The summed E-state index contributed by atoms with van der Waals surface area (Å²) in [5, 5.41) is 3.46. The Morgan fingerprint density at radius 1 is 0.852 bits per heavy atom. The first kappa shape index (κ1) is 18.9. The zero-order valence-electron chi connectivity index (χ0n) is 16.1. The van der Waals surface area contributed by atoms with Crippen molar-refractivity contribution in [3.05, 3.63) is 47.7 Å². The topological polar surface area (TPSA) is 50.4 Å². The van der Waals surface area contributed by atoms with Gasteiger partial charge in [0.25, 0.3) is 0 Å². The molecule has 6 nitrogen and oxygen atoms in total. The summed E-state index contributed by atoms with van der Waals surface area (Å²) in [6.07, 6.45) is 0. The summed E-state index contributed by atoms with van der Waals surface area (Å²) in [6.45, 7) is 10.4. The number of hydrogen-bond donors (Lipinski definition) is 0. The number of rotatable bonds is 4. The van der Waals surface area contributed by atoms with Gasteiger partial charge in [-0.2, -0.15) is 9.86 Å². The first-order chi connectivity index (χ1) is 13.2. The van der Waals surface area contributed by atoms with Crippen molar-refractivity contribution in [1.82, 2.24) is 9.68 Å². The molecule has 1 aromatic heterocycles. The summed E-state index contributed by atoms with van der Waals surface area (Å²) in [5.41, 5.74) is 2.23. The molecule has 0 N–H and O–H groups in total. The molecule has 146 valence electrons. The van der Waals surface area contributed by atoms with Crippen LogP contribution in [-0.4, -0.2) is 62.3 Å². The fourth-order valence-electron chi connectivity index (χ4n) is 3.73. The molecule has 0 aliphatic carbocycles. The van der Waals surface area contributed by atoms with Gasteiger partial charge < -0.3 is 13.9 Å².